The first-order valence-electron chi connectivity index (χ1n) is 9.41. The maximum absolute atomic E-state index is 12.7. The van der Waals surface area contributed by atoms with E-state index in [0.717, 1.165) is 12.0 Å². The molecular weight excluding hydrogens is 366 g/mol. The molecule has 2 fully saturated rings. The van der Waals surface area contributed by atoms with Crippen LogP contribution in [0.15, 0.2) is 29.2 Å². The Kier molecular flexibility index (Phi) is 5.86. The van der Waals surface area contributed by atoms with Gasteiger partial charge in [0.05, 0.1) is 11.4 Å². The molecule has 0 spiro atoms. The van der Waals surface area contributed by atoms with E-state index in [4.69, 9.17) is 0 Å². The van der Waals surface area contributed by atoms with Crippen LogP contribution >= 0.6 is 0 Å². The molecule has 148 valence electrons. The van der Waals surface area contributed by atoms with Crippen molar-refractivity contribution in [3.8, 4) is 0 Å². The van der Waals surface area contributed by atoms with Crippen molar-refractivity contribution < 1.29 is 18.0 Å². The Bertz CT molecular complexity index is 799. The van der Waals surface area contributed by atoms with Crippen LogP contribution in [0.3, 0.4) is 0 Å². The van der Waals surface area contributed by atoms with Crippen LogP contribution in [0.5, 0.6) is 0 Å². The van der Waals surface area contributed by atoms with Gasteiger partial charge >= 0.3 is 0 Å². The van der Waals surface area contributed by atoms with Gasteiger partial charge in [-0.25, -0.2) is 8.42 Å². The largest absolute Gasteiger partial charge is 0.352 e. The number of hydrogen-bond acceptors (Lipinski definition) is 4. The summed E-state index contributed by atoms with van der Waals surface area (Å²) in [4.78, 5) is 24.1. The Hall–Kier alpha value is -1.93. The van der Waals surface area contributed by atoms with Crippen LogP contribution in [0.25, 0.3) is 0 Å². The fraction of sp³-hybridized carbons (Fsp3) is 0.579. The molecule has 0 bridgehead atoms. The topological polar surface area (TPSA) is 95.6 Å². The van der Waals surface area contributed by atoms with Crippen LogP contribution in [0, 0.1) is 18.8 Å². The molecular formula is C19H27N3O4S. The minimum absolute atomic E-state index is 0.0239. The third kappa shape index (κ3) is 4.87. The SMILES string of the molecule is Cc1ccc(S(=O)(=O)N2CCC(NC(=O)CNC(=O)[C@@H]3C[C@H]3C)CC2)cc1. The lowest BCUT2D eigenvalue weighted by molar-refractivity contribution is -0.127. The average molecular weight is 394 g/mol. The lowest BCUT2D eigenvalue weighted by Crippen LogP contribution is -2.48. The highest BCUT2D eigenvalue weighted by Gasteiger charge is 2.39. The van der Waals surface area contributed by atoms with E-state index in [0.29, 0.717) is 36.7 Å². The number of nitrogens with zero attached hydrogens (tertiary/aromatic N) is 1. The Morgan fingerprint density at radius 2 is 1.74 bits per heavy atom. The summed E-state index contributed by atoms with van der Waals surface area (Å²) in [5.74, 6) is 0.175. The lowest BCUT2D eigenvalue weighted by Gasteiger charge is -2.31. The van der Waals surface area contributed by atoms with Crippen molar-refractivity contribution >= 4 is 21.8 Å². The molecule has 8 heteroatoms. The Labute approximate surface area is 160 Å². The van der Waals surface area contributed by atoms with Gasteiger partial charge in [0, 0.05) is 25.0 Å². The second-order valence-corrected chi connectivity index (χ2v) is 9.53. The minimum Gasteiger partial charge on any atom is -0.352 e. The molecule has 1 saturated carbocycles. The lowest BCUT2D eigenvalue weighted by atomic mass is 10.1. The van der Waals surface area contributed by atoms with E-state index in [1.54, 1.807) is 24.3 Å². The van der Waals surface area contributed by atoms with Gasteiger partial charge in [-0.3, -0.25) is 9.59 Å². The van der Waals surface area contributed by atoms with Crippen LogP contribution < -0.4 is 10.6 Å². The zero-order chi connectivity index (χ0) is 19.6. The predicted molar refractivity (Wildman–Crippen MR) is 101 cm³/mol. The van der Waals surface area contributed by atoms with Crippen molar-refractivity contribution in [3.63, 3.8) is 0 Å². The van der Waals surface area contributed by atoms with E-state index >= 15 is 0 Å². The van der Waals surface area contributed by atoms with E-state index in [2.05, 4.69) is 10.6 Å². The molecule has 2 N–H and O–H groups in total. The van der Waals surface area contributed by atoms with Gasteiger partial charge in [0.2, 0.25) is 21.8 Å². The zero-order valence-electron chi connectivity index (χ0n) is 15.8. The Morgan fingerprint density at radius 1 is 1.15 bits per heavy atom. The van der Waals surface area contributed by atoms with Crippen molar-refractivity contribution in [2.24, 2.45) is 11.8 Å². The van der Waals surface area contributed by atoms with Gasteiger partial charge < -0.3 is 10.6 Å². The van der Waals surface area contributed by atoms with Crippen LogP contribution in [0.1, 0.15) is 31.7 Å². The molecule has 1 aromatic carbocycles. The zero-order valence-corrected chi connectivity index (χ0v) is 16.6. The van der Waals surface area contributed by atoms with Crippen LogP contribution in [0.2, 0.25) is 0 Å². The molecule has 1 saturated heterocycles. The monoisotopic (exact) mass is 393 g/mol. The molecule has 2 aliphatic rings. The highest BCUT2D eigenvalue weighted by Crippen LogP contribution is 2.37. The van der Waals surface area contributed by atoms with Gasteiger partial charge in [-0.1, -0.05) is 24.6 Å². The molecule has 7 nitrogen and oxygen atoms in total. The van der Waals surface area contributed by atoms with E-state index in [1.165, 1.54) is 4.31 Å². The third-order valence-corrected chi connectivity index (χ3v) is 7.26. The average Bonchev–Trinajstić information content (AvgIpc) is 3.37. The van der Waals surface area contributed by atoms with Crippen molar-refractivity contribution in [1.29, 1.82) is 0 Å². The smallest absolute Gasteiger partial charge is 0.243 e. The number of carbonyl (C=O) groups is 2. The number of rotatable bonds is 6. The second kappa shape index (κ2) is 7.98. The van der Waals surface area contributed by atoms with E-state index in [1.807, 2.05) is 13.8 Å². The molecule has 1 aliphatic heterocycles. The van der Waals surface area contributed by atoms with Gasteiger partial charge in [0.25, 0.3) is 0 Å². The quantitative estimate of drug-likeness (QED) is 0.755. The number of aryl methyl sites for hydroxylation is 1. The molecule has 0 unspecified atom stereocenters. The number of sulfonamides is 1. The van der Waals surface area contributed by atoms with Gasteiger partial charge in [0.15, 0.2) is 0 Å². The Morgan fingerprint density at radius 3 is 2.30 bits per heavy atom. The molecule has 0 radical (unpaired) electrons. The van der Waals surface area contributed by atoms with Crippen molar-refractivity contribution in [3.05, 3.63) is 29.8 Å². The molecule has 1 aromatic rings. The molecule has 3 rings (SSSR count). The van der Waals surface area contributed by atoms with Gasteiger partial charge in [-0.15, -0.1) is 0 Å². The first-order chi connectivity index (χ1) is 12.8. The molecule has 2 amide bonds. The maximum Gasteiger partial charge on any atom is 0.243 e. The number of piperidine rings is 1. The molecule has 27 heavy (non-hydrogen) atoms. The van der Waals surface area contributed by atoms with Crippen molar-refractivity contribution in [1.82, 2.24) is 14.9 Å². The summed E-state index contributed by atoms with van der Waals surface area (Å²) in [7, 11) is -3.50. The summed E-state index contributed by atoms with van der Waals surface area (Å²) in [5, 5.41) is 5.56. The van der Waals surface area contributed by atoms with E-state index < -0.39 is 10.0 Å². The summed E-state index contributed by atoms with van der Waals surface area (Å²) in [5.41, 5.74) is 1.01. The predicted octanol–water partition coefficient (Wildman–Crippen LogP) is 1.04. The minimum atomic E-state index is -3.50. The summed E-state index contributed by atoms with van der Waals surface area (Å²) in [6.07, 6.45) is 2.01. The number of hydrogen-bond donors (Lipinski definition) is 2. The van der Waals surface area contributed by atoms with E-state index in [-0.39, 0.29) is 30.3 Å². The van der Waals surface area contributed by atoms with Crippen molar-refractivity contribution in [2.45, 2.75) is 44.0 Å². The van der Waals surface area contributed by atoms with Crippen LogP contribution in [-0.4, -0.2) is 50.2 Å². The van der Waals surface area contributed by atoms with Gasteiger partial charge in [-0.2, -0.15) is 4.31 Å². The van der Waals surface area contributed by atoms with Crippen LogP contribution in [-0.2, 0) is 19.6 Å². The summed E-state index contributed by atoms with van der Waals surface area (Å²) in [6.45, 7) is 4.64. The van der Waals surface area contributed by atoms with Crippen molar-refractivity contribution in [2.75, 3.05) is 19.6 Å². The molecule has 1 heterocycles. The summed E-state index contributed by atoms with van der Waals surface area (Å²) < 4.78 is 26.9. The Balaban J connectivity index is 1.45. The second-order valence-electron chi connectivity index (χ2n) is 7.60. The number of nitrogens with one attached hydrogen (secondary N) is 2. The highest BCUT2D eigenvalue weighted by atomic mass is 32.2. The number of benzene rings is 1. The fourth-order valence-corrected chi connectivity index (χ4v) is 4.83. The first-order valence-corrected chi connectivity index (χ1v) is 10.9. The first kappa shape index (κ1) is 19.8. The maximum atomic E-state index is 12.7. The molecule has 0 aromatic heterocycles. The standard InChI is InChI=1S/C19H27N3O4S/c1-13-3-5-16(6-4-13)27(25,26)22-9-7-15(8-10-22)21-18(23)12-20-19(24)17-11-14(17)2/h3-6,14-15,17H,7-12H2,1-2H3,(H,20,24)(H,21,23)/t14-,17-/m1/s1. The van der Waals surface area contributed by atoms with Gasteiger partial charge in [0.1, 0.15) is 0 Å². The fourth-order valence-electron chi connectivity index (χ4n) is 3.36. The summed E-state index contributed by atoms with van der Waals surface area (Å²) in [6, 6.07) is 6.76. The van der Waals surface area contributed by atoms with Gasteiger partial charge in [-0.05, 0) is 44.2 Å². The van der Waals surface area contributed by atoms with E-state index in [9.17, 15) is 18.0 Å². The highest BCUT2D eigenvalue weighted by molar-refractivity contribution is 7.89. The third-order valence-electron chi connectivity index (χ3n) is 5.35. The normalized spacial score (nSPS) is 23.6. The number of carbonyl (C=O) groups excluding carboxylic acids is 2. The van der Waals surface area contributed by atoms with Crippen LogP contribution in [0.4, 0.5) is 0 Å². The molecule has 1 aliphatic carbocycles. The summed E-state index contributed by atoms with van der Waals surface area (Å²) >= 11 is 0. The molecule has 2 atom stereocenters. The number of amides is 2.